The van der Waals surface area contributed by atoms with Gasteiger partial charge in [0.05, 0.1) is 17.7 Å². The number of carbonyl (C=O) groups excluding carboxylic acids is 2. The maximum absolute atomic E-state index is 12.6. The summed E-state index contributed by atoms with van der Waals surface area (Å²) >= 11 is 0. The molecule has 0 fully saturated rings. The predicted octanol–water partition coefficient (Wildman–Crippen LogP) is 3.72. The molecule has 2 aliphatic heterocycles. The summed E-state index contributed by atoms with van der Waals surface area (Å²) in [4.78, 5) is 28.5. The van der Waals surface area contributed by atoms with Gasteiger partial charge in [0.25, 0.3) is 11.8 Å². The number of carbonyl (C=O) groups is 2. The summed E-state index contributed by atoms with van der Waals surface area (Å²) in [6.45, 7) is 8.76. The van der Waals surface area contributed by atoms with Crippen LogP contribution in [0.15, 0.2) is 54.7 Å². The van der Waals surface area contributed by atoms with Gasteiger partial charge in [-0.1, -0.05) is 44.7 Å². The van der Waals surface area contributed by atoms with Gasteiger partial charge in [-0.2, -0.15) is 0 Å². The second-order valence-corrected chi connectivity index (χ2v) is 7.22. The minimum atomic E-state index is -0.220. The average Bonchev–Trinajstić information content (AvgIpc) is 2.94. The topological polar surface area (TPSA) is 40.6 Å². The van der Waals surface area contributed by atoms with Crippen LogP contribution in [0.2, 0.25) is 0 Å². The lowest BCUT2D eigenvalue weighted by atomic mass is 9.84. The van der Waals surface area contributed by atoms with Crippen molar-refractivity contribution in [3.05, 3.63) is 77.0 Å². The van der Waals surface area contributed by atoms with Gasteiger partial charge < -0.3 is 4.90 Å². The average molecular weight is 332 g/mol. The Morgan fingerprint density at radius 2 is 1.60 bits per heavy atom. The molecule has 0 spiro atoms. The zero-order valence-electron chi connectivity index (χ0n) is 14.7. The van der Waals surface area contributed by atoms with E-state index in [0.29, 0.717) is 11.1 Å². The first-order valence-electron chi connectivity index (χ1n) is 8.34. The van der Waals surface area contributed by atoms with Crippen molar-refractivity contribution in [3.63, 3.8) is 0 Å². The molecule has 0 N–H and O–H groups in total. The molecule has 4 heteroatoms. The van der Waals surface area contributed by atoms with Crippen LogP contribution in [0.1, 0.15) is 45.7 Å². The summed E-state index contributed by atoms with van der Waals surface area (Å²) < 4.78 is 0. The number of fused-ring (bicyclic) bond motifs is 2. The van der Waals surface area contributed by atoms with Crippen molar-refractivity contribution in [1.29, 1.82) is 0 Å². The third-order valence-electron chi connectivity index (χ3n) is 5.44. The van der Waals surface area contributed by atoms with Crippen LogP contribution in [0, 0.1) is 0 Å². The van der Waals surface area contributed by atoms with E-state index in [2.05, 4.69) is 31.4 Å². The van der Waals surface area contributed by atoms with E-state index in [9.17, 15) is 9.59 Å². The molecule has 4 rings (SSSR count). The number of hydrogen-bond donors (Lipinski definition) is 0. The van der Waals surface area contributed by atoms with Crippen LogP contribution in [0.25, 0.3) is 0 Å². The molecule has 0 aromatic heterocycles. The molecule has 0 radical (unpaired) electrons. The second-order valence-electron chi connectivity index (χ2n) is 7.22. The lowest BCUT2D eigenvalue weighted by Gasteiger charge is -2.22. The maximum Gasteiger partial charge on any atom is 0.261 e. The quantitative estimate of drug-likeness (QED) is 0.787. The van der Waals surface area contributed by atoms with Crippen molar-refractivity contribution >= 4 is 17.5 Å². The van der Waals surface area contributed by atoms with Crippen molar-refractivity contribution in [2.75, 3.05) is 11.9 Å². The number of amides is 2. The van der Waals surface area contributed by atoms with Gasteiger partial charge in [-0.3, -0.25) is 14.5 Å². The number of nitrogens with zero attached hydrogens (tertiary/aromatic N) is 2. The third-order valence-corrected chi connectivity index (χ3v) is 5.44. The highest BCUT2D eigenvalue weighted by atomic mass is 16.2. The first-order valence-corrected chi connectivity index (χ1v) is 8.34. The summed E-state index contributed by atoms with van der Waals surface area (Å²) in [5.74, 6) is -0.441. The monoisotopic (exact) mass is 332 g/mol. The number of allylic oxidation sites excluding steroid dienone is 1. The minimum absolute atomic E-state index is 0.165. The van der Waals surface area contributed by atoms with Gasteiger partial charge in [-0.05, 0) is 29.3 Å². The molecule has 25 heavy (non-hydrogen) atoms. The second kappa shape index (κ2) is 5.06. The molecule has 0 atom stereocenters. The number of rotatable bonds is 2. The van der Waals surface area contributed by atoms with Crippen LogP contribution in [0.5, 0.6) is 0 Å². The smallest absolute Gasteiger partial charge is 0.261 e. The fourth-order valence-electron chi connectivity index (χ4n) is 3.76. The van der Waals surface area contributed by atoms with Crippen molar-refractivity contribution in [3.8, 4) is 0 Å². The van der Waals surface area contributed by atoms with Crippen LogP contribution in [0.3, 0.4) is 0 Å². The Hall–Kier alpha value is -2.88. The highest BCUT2D eigenvalue weighted by Gasteiger charge is 2.38. The fourth-order valence-corrected chi connectivity index (χ4v) is 3.76. The molecule has 0 saturated heterocycles. The Balaban J connectivity index is 1.68. The fraction of sp³-hybridized carbons (Fsp3) is 0.238. The van der Waals surface area contributed by atoms with E-state index in [1.807, 2.05) is 19.2 Å². The molecule has 2 aromatic rings. The van der Waals surface area contributed by atoms with E-state index in [0.717, 1.165) is 16.9 Å². The van der Waals surface area contributed by atoms with Gasteiger partial charge in [0.1, 0.15) is 0 Å². The van der Waals surface area contributed by atoms with Crippen LogP contribution in [-0.2, 0) is 12.0 Å². The molecule has 2 heterocycles. The van der Waals surface area contributed by atoms with Gasteiger partial charge in [0, 0.05) is 23.8 Å². The summed E-state index contributed by atoms with van der Waals surface area (Å²) in [6, 6.07) is 13.1. The van der Waals surface area contributed by atoms with Crippen LogP contribution < -0.4 is 4.90 Å². The van der Waals surface area contributed by atoms with Crippen molar-refractivity contribution in [2.24, 2.45) is 0 Å². The minimum Gasteiger partial charge on any atom is -0.348 e. The zero-order chi connectivity index (χ0) is 17.9. The highest BCUT2D eigenvalue weighted by Crippen LogP contribution is 2.46. The summed E-state index contributed by atoms with van der Waals surface area (Å²) in [5.41, 5.74) is 5.10. The Labute approximate surface area is 147 Å². The van der Waals surface area contributed by atoms with E-state index in [1.54, 1.807) is 24.3 Å². The largest absolute Gasteiger partial charge is 0.348 e. The SMILES string of the molecule is C=C1N(C)c2ccc(CN3C(=O)c4ccccc4C3=O)cc2C1(C)C. The molecule has 2 aromatic carbocycles. The number of benzene rings is 2. The molecule has 2 aliphatic rings. The molecule has 0 saturated carbocycles. The number of anilines is 1. The van der Waals surface area contributed by atoms with E-state index >= 15 is 0 Å². The first-order chi connectivity index (χ1) is 11.8. The standard InChI is InChI=1S/C21H20N2O2/c1-13-21(2,3)17-11-14(9-10-18(17)22(13)4)12-23-19(24)15-7-5-6-8-16(15)20(23)25/h5-11H,1,12H2,2-4H3. The third kappa shape index (κ3) is 2.07. The molecular weight excluding hydrogens is 312 g/mol. The molecule has 0 aliphatic carbocycles. The van der Waals surface area contributed by atoms with Gasteiger partial charge >= 0.3 is 0 Å². The van der Waals surface area contributed by atoms with Crippen molar-refractivity contribution in [2.45, 2.75) is 25.8 Å². The number of likely N-dealkylation sites (N-methyl/N-ethyl adjacent to an activating group) is 1. The Morgan fingerprint density at radius 1 is 1.00 bits per heavy atom. The van der Waals surface area contributed by atoms with Gasteiger partial charge in [0.2, 0.25) is 0 Å². The Bertz CT molecular complexity index is 908. The lowest BCUT2D eigenvalue weighted by molar-refractivity contribution is 0.0642. The summed E-state index contributed by atoms with van der Waals surface area (Å²) in [7, 11) is 2.01. The van der Waals surface area contributed by atoms with E-state index in [-0.39, 0.29) is 23.8 Å². The normalized spacial score (nSPS) is 18.0. The predicted molar refractivity (Wildman–Crippen MR) is 97.7 cm³/mol. The molecule has 0 bridgehead atoms. The van der Waals surface area contributed by atoms with Gasteiger partial charge in [-0.25, -0.2) is 0 Å². The van der Waals surface area contributed by atoms with E-state index in [4.69, 9.17) is 0 Å². The maximum atomic E-state index is 12.6. The van der Waals surface area contributed by atoms with Crippen molar-refractivity contribution < 1.29 is 9.59 Å². The van der Waals surface area contributed by atoms with E-state index < -0.39 is 0 Å². The molecule has 0 unspecified atom stereocenters. The van der Waals surface area contributed by atoms with Crippen LogP contribution in [0.4, 0.5) is 5.69 Å². The van der Waals surface area contributed by atoms with Gasteiger partial charge in [0.15, 0.2) is 0 Å². The Kier molecular flexibility index (Phi) is 3.16. The molecular formula is C21H20N2O2. The Morgan fingerprint density at radius 3 is 2.20 bits per heavy atom. The zero-order valence-corrected chi connectivity index (χ0v) is 14.7. The number of imide groups is 1. The van der Waals surface area contributed by atoms with Crippen LogP contribution >= 0.6 is 0 Å². The van der Waals surface area contributed by atoms with E-state index in [1.165, 1.54) is 10.5 Å². The lowest BCUT2D eigenvalue weighted by Crippen LogP contribution is -2.29. The summed E-state index contributed by atoms with van der Waals surface area (Å²) in [5, 5.41) is 0. The molecule has 126 valence electrons. The molecule has 4 nitrogen and oxygen atoms in total. The summed E-state index contributed by atoms with van der Waals surface area (Å²) in [6.07, 6.45) is 0. The van der Waals surface area contributed by atoms with Gasteiger partial charge in [-0.15, -0.1) is 0 Å². The number of hydrogen-bond acceptors (Lipinski definition) is 3. The highest BCUT2D eigenvalue weighted by molar-refractivity contribution is 6.21. The molecule has 2 amide bonds. The van der Waals surface area contributed by atoms with Crippen molar-refractivity contribution in [1.82, 2.24) is 4.90 Å². The van der Waals surface area contributed by atoms with Crippen LogP contribution in [-0.4, -0.2) is 23.8 Å². The first kappa shape index (κ1) is 15.6.